The van der Waals surface area contributed by atoms with Crippen LogP contribution in [0.15, 0.2) is 17.8 Å². The van der Waals surface area contributed by atoms with E-state index in [0.717, 1.165) is 0 Å². The third-order valence-corrected chi connectivity index (χ3v) is 2.11. The molecule has 0 saturated heterocycles. The number of nitrogens with zero attached hydrogens (tertiary/aromatic N) is 4. The van der Waals surface area contributed by atoms with Crippen LogP contribution in [0.1, 0.15) is 33.7 Å². The second kappa shape index (κ2) is 3.77. The zero-order valence-electron chi connectivity index (χ0n) is 8.97. The van der Waals surface area contributed by atoms with Gasteiger partial charge in [-0.2, -0.15) is 5.10 Å². The maximum Gasteiger partial charge on any atom is 0.137 e. The van der Waals surface area contributed by atoms with Crippen LogP contribution >= 0.6 is 0 Å². The number of aromatic nitrogens is 3. The van der Waals surface area contributed by atoms with Crippen molar-refractivity contribution in [1.82, 2.24) is 14.8 Å². The van der Waals surface area contributed by atoms with Gasteiger partial charge in [-0.05, 0) is 6.92 Å². The molecule has 1 heterocycles. The highest BCUT2D eigenvalue weighted by atomic mass is 16.4. The van der Waals surface area contributed by atoms with Crippen LogP contribution in [0.5, 0.6) is 0 Å². The van der Waals surface area contributed by atoms with Gasteiger partial charge in [-0.25, -0.2) is 9.67 Å². The highest BCUT2D eigenvalue weighted by molar-refractivity contribution is 5.91. The molecular weight excluding hydrogens is 180 g/mol. The van der Waals surface area contributed by atoms with Crippen LogP contribution < -0.4 is 0 Å². The maximum absolute atomic E-state index is 8.96. The summed E-state index contributed by atoms with van der Waals surface area (Å²) in [5.41, 5.74) is 0.503. The molecular formula is C9H16N4O. The molecule has 0 amide bonds. The first-order chi connectivity index (χ1) is 6.46. The predicted octanol–water partition coefficient (Wildman–Crippen LogP) is 1.72. The normalized spacial score (nSPS) is 15.6. The van der Waals surface area contributed by atoms with E-state index in [9.17, 15) is 0 Å². The summed E-state index contributed by atoms with van der Waals surface area (Å²) < 4.78 is 1.67. The molecule has 0 fully saturated rings. The van der Waals surface area contributed by atoms with Crippen LogP contribution in [0.3, 0.4) is 0 Å². The van der Waals surface area contributed by atoms with Crippen LogP contribution in [0.25, 0.3) is 0 Å². The fraction of sp³-hybridized carbons (Fsp3) is 0.667. The monoisotopic (exact) mass is 196 g/mol. The Hall–Kier alpha value is -1.39. The number of oxime groups is 1. The van der Waals surface area contributed by atoms with Crippen molar-refractivity contribution in [3.8, 4) is 0 Å². The number of rotatable bonds is 2. The molecule has 0 aliphatic rings. The van der Waals surface area contributed by atoms with Gasteiger partial charge in [-0.3, -0.25) is 0 Å². The quantitative estimate of drug-likeness (QED) is 0.445. The Balaban J connectivity index is 2.94. The zero-order valence-corrected chi connectivity index (χ0v) is 8.97. The minimum absolute atomic E-state index is 0.0810. The highest BCUT2D eigenvalue weighted by Crippen LogP contribution is 2.23. The molecule has 5 nitrogen and oxygen atoms in total. The Kier molecular flexibility index (Phi) is 2.88. The van der Waals surface area contributed by atoms with E-state index in [1.165, 1.54) is 6.33 Å². The van der Waals surface area contributed by atoms with Crippen molar-refractivity contribution >= 4 is 5.71 Å². The molecule has 1 rings (SSSR count). The van der Waals surface area contributed by atoms with Crippen LogP contribution in [-0.4, -0.2) is 25.7 Å². The van der Waals surface area contributed by atoms with Gasteiger partial charge in [0, 0.05) is 5.41 Å². The molecule has 14 heavy (non-hydrogen) atoms. The molecule has 1 aromatic heterocycles. The lowest BCUT2D eigenvalue weighted by Gasteiger charge is -2.24. The first-order valence-corrected chi connectivity index (χ1v) is 4.53. The summed E-state index contributed by atoms with van der Waals surface area (Å²) >= 11 is 0. The zero-order chi connectivity index (χ0) is 10.8. The molecule has 1 atom stereocenters. The minimum atomic E-state index is -0.180. The minimum Gasteiger partial charge on any atom is -0.411 e. The van der Waals surface area contributed by atoms with E-state index in [1.807, 2.05) is 27.7 Å². The second-order valence-electron chi connectivity index (χ2n) is 4.29. The first kappa shape index (κ1) is 10.7. The van der Waals surface area contributed by atoms with Crippen molar-refractivity contribution in [2.75, 3.05) is 0 Å². The molecule has 0 saturated carbocycles. The lowest BCUT2D eigenvalue weighted by Crippen LogP contribution is -2.29. The van der Waals surface area contributed by atoms with Gasteiger partial charge in [0.2, 0.25) is 0 Å². The van der Waals surface area contributed by atoms with E-state index < -0.39 is 0 Å². The van der Waals surface area contributed by atoms with Gasteiger partial charge in [0.05, 0.1) is 11.8 Å². The van der Waals surface area contributed by atoms with E-state index in [0.29, 0.717) is 5.71 Å². The van der Waals surface area contributed by atoms with Gasteiger partial charge in [0.25, 0.3) is 0 Å². The average molecular weight is 196 g/mol. The van der Waals surface area contributed by atoms with Crippen LogP contribution in [0.4, 0.5) is 0 Å². The smallest absolute Gasteiger partial charge is 0.137 e. The summed E-state index contributed by atoms with van der Waals surface area (Å²) in [6.45, 7) is 7.91. The fourth-order valence-electron chi connectivity index (χ4n) is 1.40. The van der Waals surface area contributed by atoms with Gasteiger partial charge in [-0.1, -0.05) is 25.9 Å². The van der Waals surface area contributed by atoms with E-state index >= 15 is 0 Å². The van der Waals surface area contributed by atoms with Gasteiger partial charge < -0.3 is 5.21 Å². The van der Waals surface area contributed by atoms with Crippen molar-refractivity contribution in [2.45, 2.75) is 33.7 Å². The van der Waals surface area contributed by atoms with Crippen molar-refractivity contribution in [1.29, 1.82) is 0 Å². The van der Waals surface area contributed by atoms with E-state index in [4.69, 9.17) is 5.21 Å². The summed E-state index contributed by atoms with van der Waals surface area (Å²) in [5, 5.41) is 16.3. The number of hydrogen-bond donors (Lipinski definition) is 1. The van der Waals surface area contributed by atoms with Crippen LogP contribution in [-0.2, 0) is 0 Å². The standard InChI is InChI=1S/C9H16N4O/c1-7(13-6-10-5-11-13)8(12-14)9(2,3)4/h5-7,14H,1-4H3/b12-8-. The molecule has 78 valence electrons. The second-order valence-corrected chi connectivity index (χ2v) is 4.29. The Morgan fingerprint density at radius 3 is 2.50 bits per heavy atom. The Bertz CT molecular complexity index is 310. The van der Waals surface area contributed by atoms with Gasteiger partial charge in [0.1, 0.15) is 12.7 Å². The molecule has 5 heteroatoms. The Labute approximate surface area is 83.5 Å². The largest absolute Gasteiger partial charge is 0.411 e. The molecule has 1 aromatic rings. The summed E-state index contributed by atoms with van der Waals surface area (Å²) in [4.78, 5) is 3.86. The lowest BCUT2D eigenvalue weighted by molar-refractivity contribution is 0.303. The third kappa shape index (κ3) is 2.10. The highest BCUT2D eigenvalue weighted by Gasteiger charge is 2.26. The molecule has 0 aromatic carbocycles. The predicted molar refractivity (Wildman–Crippen MR) is 53.4 cm³/mol. The van der Waals surface area contributed by atoms with Crippen molar-refractivity contribution < 1.29 is 5.21 Å². The molecule has 0 spiro atoms. The van der Waals surface area contributed by atoms with Crippen molar-refractivity contribution in [3.63, 3.8) is 0 Å². The Morgan fingerprint density at radius 1 is 1.50 bits per heavy atom. The fourth-order valence-corrected chi connectivity index (χ4v) is 1.40. The average Bonchev–Trinajstić information content (AvgIpc) is 2.53. The van der Waals surface area contributed by atoms with E-state index in [1.54, 1.807) is 11.0 Å². The van der Waals surface area contributed by atoms with E-state index in [-0.39, 0.29) is 11.5 Å². The molecule has 0 radical (unpaired) electrons. The molecule has 0 aliphatic heterocycles. The SMILES string of the molecule is CC(/C(=N/O)C(C)(C)C)n1cncn1. The van der Waals surface area contributed by atoms with Crippen LogP contribution in [0, 0.1) is 5.41 Å². The first-order valence-electron chi connectivity index (χ1n) is 4.53. The summed E-state index contributed by atoms with van der Waals surface area (Å²) in [5.74, 6) is 0. The van der Waals surface area contributed by atoms with E-state index in [2.05, 4.69) is 15.2 Å². The summed E-state index contributed by atoms with van der Waals surface area (Å²) in [6.07, 6.45) is 3.08. The maximum atomic E-state index is 8.96. The van der Waals surface area contributed by atoms with Crippen molar-refractivity contribution in [2.24, 2.45) is 10.6 Å². The number of hydrogen-bond acceptors (Lipinski definition) is 4. The third-order valence-electron chi connectivity index (χ3n) is 2.11. The Morgan fingerprint density at radius 2 is 2.14 bits per heavy atom. The molecule has 0 aliphatic carbocycles. The van der Waals surface area contributed by atoms with Gasteiger partial charge in [0.15, 0.2) is 0 Å². The van der Waals surface area contributed by atoms with Gasteiger partial charge >= 0.3 is 0 Å². The van der Waals surface area contributed by atoms with Gasteiger partial charge in [-0.15, -0.1) is 0 Å². The topological polar surface area (TPSA) is 63.3 Å². The summed E-state index contributed by atoms with van der Waals surface area (Å²) in [6, 6.07) is -0.0810. The van der Waals surface area contributed by atoms with Crippen molar-refractivity contribution in [3.05, 3.63) is 12.7 Å². The molecule has 0 bridgehead atoms. The summed E-state index contributed by atoms with van der Waals surface area (Å²) in [7, 11) is 0. The van der Waals surface area contributed by atoms with Crippen LogP contribution in [0.2, 0.25) is 0 Å². The lowest BCUT2D eigenvalue weighted by atomic mass is 9.86. The molecule has 1 N–H and O–H groups in total. The molecule has 1 unspecified atom stereocenters.